The van der Waals surface area contributed by atoms with Crippen LogP contribution < -0.4 is 9.47 Å². The van der Waals surface area contributed by atoms with Crippen molar-refractivity contribution in [2.45, 2.75) is 24.7 Å². The first-order valence-corrected chi connectivity index (χ1v) is 13.6. The highest BCUT2D eigenvalue weighted by Crippen LogP contribution is 2.35. The van der Waals surface area contributed by atoms with Crippen LogP contribution in [0.3, 0.4) is 0 Å². The van der Waals surface area contributed by atoms with Gasteiger partial charge in [-0.2, -0.15) is 8.42 Å². The standard InChI is InChI=1S/C24H25BrN2O5S2/c1-4-6-14-32-21-15-17(7-12-20(21)31-3)16-22-23(28)27(13-5-2)24(33-22)26-34(29,30)19-10-8-18(25)9-11-19/h5,7-12,15-16H,2,4,6,13-14H2,1,3H3. The highest BCUT2D eigenvalue weighted by atomic mass is 79.9. The van der Waals surface area contributed by atoms with E-state index in [-0.39, 0.29) is 22.5 Å². The molecule has 34 heavy (non-hydrogen) atoms. The molecule has 0 unspecified atom stereocenters. The summed E-state index contributed by atoms with van der Waals surface area (Å²) in [5.74, 6) is 0.828. The number of carbonyl (C=O) groups excluding carboxylic acids is 1. The fourth-order valence-corrected chi connectivity index (χ4v) is 5.46. The van der Waals surface area contributed by atoms with Crippen molar-refractivity contribution < 1.29 is 22.7 Å². The lowest BCUT2D eigenvalue weighted by Gasteiger charge is -2.12. The zero-order valence-corrected chi connectivity index (χ0v) is 22.1. The van der Waals surface area contributed by atoms with Crippen molar-refractivity contribution in [3.8, 4) is 11.5 Å². The number of nitrogens with zero attached hydrogens (tertiary/aromatic N) is 2. The van der Waals surface area contributed by atoms with Crippen LogP contribution in [0.4, 0.5) is 0 Å². The van der Waals surface area contributed by atoms with Crippen LogP contribution in [0.25, 0.3) is 6.08 Å². The summed E-state index contributed by atoms with van der Waals surface area (Å²) in [6.07, 6.45) is 5.12. The molecule has 1 aliphatic heterocycles. The molecule has 0 aromatic heterocycles. The van der Waals surface area contributed by atoms with E-state index in [1.54, 1.807) is 43.5 Å². The summed E-state index contributed by atoms with van der Waals surface area (Å²) >= 11 is 4.29. The lowest BCUT2D eigenvalue weighted by molar-refractivity contribution is -0.121. The quantitative estimate of drug-likeness (QED) is 0.215. The maximum Gasteiger partial charge on any atom is 0.284 e. The topological polar surface area (TPSA) is 85.3 Å². The number of sulfonamides is 1. The summed E-state index contributed by atoms with van der Waals surface area (Å²) in [4.78, 5) is 14.7. The third-order valence-electron chi connectivity index (χ3n) is 4.75. The molecule has 0 spiro atoms. The SMILES string of the molecule is C=CCN1C(=O)C(=Cc2ccc(OC)c(OCCCC)c2)SC1=NS(=O)(=O)c1ccc(Br)cc1. The predicted octanol–water partition coefficient (Wildman–Crippen LogP) is 5.48. The molecule has 1 aliphatic rings. The molecule has 0 saturated carbocycles. The van der Waals surface area contributed by atoms with Gasteiger partial charge in [0, 0.05) is 11.0 Å². The number of amides is 1. The Hall–Kier alpha value is -2.56. The molecule has 180 valence electrons. The molecule has 0 atom stereocenters. The van der Waals surface area contributed by atoms with E-state index in [4.69, 9.17) is 9.47 Å². The molecule has 1 amide bonds. The minimum Gasteiger partial charge on any atom is -0.493 e. The molecule has 2 aromatic carbocycles. The number of thioether (sulfide) groups is 1. The summed E-state index contributed by atoms with van der Waals surface area (Å²) in [6, 6.07) is 11.5. The summed E-state index contributed by atoms with van der Waals surface area (Å²) < 4.78 is 41.6. The maximum atomic E-state index is 13.0. The lowest BCUT2D eigenvalue weighted by atomic mass is 10.2. The number of amidine groups is 1. The van der Waals surface area contributed by atoms with Crippen molar-refractivity contribution in [2.24, 2.45) is 4.40 Å². The fraction of sp³-hybridized carbons (Fsp3) is 0.250. The van der Waals surface area contributed by atoms with Crippen molar-refractivity contribution >= 4 is 54.9 Å². The molecular formula is C24H25BrN2O5S2. The molecule has 0 bridgehead atoms. The van der Waals surface area contributed by atoms with Gasteiger partial charge in [0.2, 0.25) is 0 Å². The average molecular weight is 566 g/mol. The van der Waals surface area contributed by atoms with Crippen molar-refractivity contribution in [3.05, 3.63) is 70.1 Å². The number of benzene rings is 2. The van der Waals surface area contributed by atoms with Crippen LogP contribution in [0.2, 0.25) is 0 Å². The van der Waals surface area contributed by atoms with Gasteiger partial charge < -0.3 is 9.47 Å². The third kappa shape index (κ3) is 6.31. The highest BCUT2D eigenvalue weighted by Gasteiger charge is 2.34. The minimum atomic E-state index is -4.01. The van der Waals surface area contributed by atoms with E-state index in [0.29, 0.717) is 23.0 Å². The molecule has 7 nitrogen and oxygen atoms in total. The van der Waals surface area contributed by atoms with Gasteiger partial charge in [-0.25, -0.2) is 0 Å². The Morgan fingerprint density at radius 2 is 1.91 bits per heavy atom. The maximum absolute atomic E-state index is 13.0. The molecular weight excluding hydrogens is 540 g/mol. The van der Waals surface area contributed by atoms with Crippen LogP contribution in [-0.4, -0.2) is 44.7 Å². The second kappa shape index (κ2) is 11.7. The number of hydrogen-bond acceptors (Lipinski definition) is 6. The zero-order valence-electron chi connectivity index (χ0n) is 18.9. The van der Waals surface area contributed by atoms with E-state index in [1.807, 2.05) is 0 Å². The summed E-state index contributed by atoms with van der Waals surface area (Å²) in [7, 11) is -2.44. The molecule has 0 aliphatic carbocycles. The van der Waals surface area contributed by atoms with Crippen molar-refractivity contribution in [3.63, 3.8) is 0 Å². The van der Waals surface area contributed by atoms with Crippen LogP contribution in [-0.2, 0) is 14.8 Å². The van der Waals surface area contributed by atoms with Gasteiger partial charge in [0.05, 0.1) is 23.5 Å². The molecule has 2 aromatic rings. The third-order valence-corrected chi connectivity index (χ3v) is 7.68. The van der Waals surface area contributed by atoms with E-state index in [2.05, 4.69) is 33.8 Å². The predicted molar refractivity (Wildman–Crippen MR) is 140 cm³/mol. The molecule has 10 heteroatoms. The number of methoxy groups -OCH3 is 1. The number of ether oxygens (including phenoxy) is 2. The van der Waals surface area contributed by atoms with E-state index in [0.717, 1.165) is 34.6 Å². The smallest absolute Gasteiger partial charge is 0.284 e. The second-order valence-corrected chi connectivity index (χ2v) is 10.8. The zero-order chi connectivity index (χ0) is 24.7. The number of halogens is 1. The summed E-state index contributed by atoms with van der Waals surface area (Å²) in [5.41, 5.74) is 0.721. The molecule has 3 rings (SSSR count). The Kier molecular flexibility index (Phi) is 8.98. The Bertz CT molecular complexity index is 1220. The first-order valence-electron chi connectivity index (χ1n) is 10.5. The largest absolute Gasteiger partial charge is 0.493 e. The Balaban J connectivity index is 1.94. The van der Waals surface area contributed by atoms with Gasteiger partial charge in [-0.15, -0.1) is 11.0 Å². The van der Waals surface area contributed by atoms with Gasteiger partial charge >= 0.3 is 0 Å². The number of unbranched alkanes of at least 4 members (excludes halogenated alkanes) is 1. The molecule has 1 saturated heterocycles. The van der Waals surface area contributed by atoms with E-state index in [1.165, 1.54) is 23.1 Å². The fourth-order valence-electron chi connectivity index (χ4n) is 3.00. The van der Waals surface area contributed by atoms with Crippen LogP contribution in [0.5, 0.6) is 11.5 Å². The average Bonchev–Trinajstić information content (AvgIpc) is 3.08. The first kappa shape index (κ1) is 26.1. The van der Waals surface area contributed by atoms with Gasteiger partial charge in [-0.1, -0.05) is 41.4 Å². The van der Waals surface area contributed by atoms with Crippen molar-refractivity contribution in [1.29, 1.82) is 0 Å². The van der Waals surface area contributed by atoms with Crippen LogP contribution in [0, 0.1) is 0 Å². The highest BCUT2D eigenvalue weighted by molar-refractivity contribution is 9.10. The Labute approximate surface area is 212 Å². The van der Waals surface area contributed by atoms with Gasteiger partial charge in [-0.3, -0.25) is 9.69 Å². The normalized spacial score (nSPS) is 16.3. The van der Waals surface area contributed by atoms with Crippen LogP contribution in [0.1, 0.15) is 25.3 Å². The number of carbonyl (C=O) groups is 1. The Morgan fingerprint density at radius 3 is 2.56 bits per heavy atom. The van der Waals surface area contributed by atoms with Crippen molar-refractivity contribution in [2.75, 3.05) is 20.3 Å². The lowest BCUT2D eigenvalue weighted by Crippen LogP contribution is -2.29. The van der Waals surface area contributed by atoms with Gasteiger partial charge in [0.25, 0.3) is 15.9 Å². The molecule has 0 radical (unpaired) electrons. The molecule has 0 N–H and O–H groups in total. The van der Waals surface area contributed by atoms with Crippen molar-refractivity contribution in [1.82, 2.24) is 4.90 Å². The number of rotatable bonds is 10. The Morgan fingerprint density at radius 1 is 1.18 bits per heavy atom. The second-order valence-electron chi connectivity index (χ2n) is 7.23. The summed E-state index contributed by atoms with van der Waals surface area (Å²) in [6.45, 7) is 6.43. The van der Waals surface area contributed by atoms with E-state index >= 15 is 0 Å². The van der Waals surface area contributed by atoms with Crippen LogP contribution in [0.15, 0.2) is 73.8 Å². The summed E-state index contributed by atoms with van der Waals surface area (Å²) in [5, 5.41) is 0.0759. The van der Waals surface area contributed by atoms with E-state index < -0.39 is 10.0 Å². The minimum absolute atomic E-state index is 0.0382. The number of hydrogen-bond donors (Lipinski definition) is 0. The monoisotopic (exact) mass is 564 g/mol. The van der Waals surface area contributed by atoms with Gasteiger partial charge in [0.1, 0.15) is 0 Å². The van der Waals surface area contributed by atoms with Gasteiger partial charge in [0.15, 0.2) is 16.7 Å². The molecule has 1 fully saturated rings. The first-order chi connectivity index (χ1) is 16.3. The van der Waals surface area contributed by atoms with E-state index in [9.17, 15) is 13.2 Å². The molecule has 1 heterocycles. The van der Waals surface area contributed by atoms with Crippen LogP contribution >= 0.6 is 27.7 Å². The van der Waals surface area contributed by atoms with Gasteiger partial charge in [-0.05, 0) is 66.2 Å².